The average Bonchev–Trinajstić information content (AvgIpc) is 2.91. The van der Waals surface area contributed by atoms with Gasteiger partial charge in [-0.2, -0.15) is 13.2 Å². The normalized spacial score (nSPS) is 12.0. The average molecular weight is 543 g/mol. The van der Waals surface area contributed by atoms with Crippen LogP contribution in [0, 0.1) is 6.92 Å². The molecule has 2 aromatic carbocycles. The van der Waals surface area contributed by atoms with Crippen LogP contribution in [0.5, 0.6) is 0 Å². The lowest BCUT2D eigenvalue weighted by Crippen LogP contribution is -2.31. The second-order valence-electron chi connectivity index (χ2n) is 9.22. The number of hydrogen-bond donors (Lipinski definition) is 3. The highest BCUT2D eigenvalue weighted by Crippen LogP contribution is 2.37. The lowest BCUT2D eigenvalue weighted by atomic mass is 10.1. The van der Waals surface area contributed by atoms with Gasteiger partial charge in [0.15, 0.2) is 0 Å². The molecule has 0 aliphatic heterocycles. The number of nitrogens with two attached hydrogens (primary N) is 1. The van der Waals surface area contributed by atoms with E-state index < -0.39 is 17.6 Å². The maximum Gasteiger partial charge on any atom is 0.418 e. The van der Waals surface area contributed by atoms with Gasteiger partial charge in [0.2, 0.25) is 0 Å². The molecule has 0 spiro atoms. The first-order chi connectivity index (χ1) is 18.4. The van der Waals surface area contributed by atoms with E-state index in [1.165, 1.54) is 23.4 Å². The molecule has 1 amide bonds. The van der Waals surface area contributed by atoms with Crippen LogP contribution in [0.3, 0.4) is 0 Å². The van der Waals surface area contributed by atoms with Crippen LogP contribution in [0.4, 0.5) is 30.2 Å². The molecule has 3 rings (SSSR count). The second-order valence-corrected chi connectivity index (χ2v) is 9.22. The maximum absolute atomic E-state index is 13.9. The van der Waals surface area contributed by atoms with Gasteiger partial charge in [0, 0.05) is 68.3 Å². The van der Waals surface area contributed by atoms with Gasteiger partial charge in [-0.3, -0.25) is 9.80 Å². The highest BCUT2D eigenvalue weighted by molar-refractivity contribution is 6.05. The summed E-state index contributed by atoms with van der Waals surface area (Å²) in [7, 11) is 7.00. The number of hydrazine groups is 1. The zero-order chi connectivity index (χ0) is 28.7. The Kier molecular flexibility index (Phi) is 9.49. The van der Waals surface area contributed by atoms with Crippen LogP contribution in [0.2, 0.25) is 0 Å². The second kappa shape index (κ2) is 12.6. The lowest BCUT2D eigenvalue weighted by molar-refractivity contribution is -0.137. The van der Waals surface area contributed by atoms with Gasteiger partial charge in [-0.1, -0.05) is 6.07 Å². The molecule has 0 fully saturated rings. The third-order valence-electron chi connectivity index (χ3n) is 5.99. The summed E-state index contributed by atoms with van der Waals surface area (Å²) < 4.78 is 41.8. The predicted molar refractivity (Wildman–Crippen MR) is 148 cm³/mol. The van der Waals surface area contributed by atoms with E-state index in [1.807, 2.05) is 25.9 Å². The number of aryl methyl sites for hydroxylation is 1. The van der Waals surface area contributed by atoms with Crippen molar-refractivity contribution in [2.75, 3.05) is 56.5 Å². The number of carbonyl (C=O) groups excluding carboxylic acids is 1. The number of rotatable bonds is 10. The Morgan fingerprint density at radius 2 is 1.69 bits per heavy atom. The number of nitrogens with one attached hydrogen (secondary N) is 2. The fourth-order valence-electron chi connectivity index (χ4n) is 3.77. The van der Waals surface area contributed by atoms with Gasteiger partial charge in [0.25, 0.3) is 5.91 Å². The Balaban J connectivity index is 1.87. The number of amides is 1. The molecule has 9 nitrogen and oxygen atoms in total. The molecule has 1 heterocycles. The van der Waals surface area contributed by atoms with Crippen molar-refractivity contribution in [1.29, 1.82) is 0 Å². The van der Waals surface area contributed by atoms with Crippen molar-refractivity contribution in [3.05, 3.63) is 83.6 Å². The molecule has 0 saturated carbocycles. The van der Waals surface area contributed by atoms with E-state index >= 15 is 0 Å². The number of alkyl halides is 3. The van der Waals surface area contributed by atoms with Crippen molar-refractivity contribution in [3.8, 4) is 0 Å². The van der Waals surface area contributed by atoms with Crippen LogP contribution >= 0.6 is 0 Å². The minimum Gasteiger partial charge on any atom is -0.397 e. The summed E-state index contributed by atoms with van der Waals surface area (Å²) in [5, 5.41) is 4.36. The first kappa shape index (κ1) is 29.4. The number of anilines is 3. The SMILES string of the molecule is CNN(/C=C(\N)c1cncnc1)c1cc(NC(=O)c2ccc(N(C)CCN(C)C)c(C(F)(F)F)c2)ccc1C. The van der Waals surface area contributed by atoms with Crippen LogP contribution in [0.15, 0.2) is 61.3 Å². The fraction of sp³-hybridized carbons (Fsp3) is 0.296. The van der Waals surface area contributed by atoms with Crippen molar-refractivity contribution in [2.45, 2.75) is 13.1 Å². The molecule has 0 bridgehead atoms. The highest BCUT2D eigenvalue weighted by atomic mass is 19.4. The van der Waals surface area contributed by atoms with Crippen LogP contribution in [0.25, 0.3) is 5.70 Å². The quantitative estimate of drug-likeness (QED) is 0.331. The van der Waals surface area contributed by atoms with E-state index in [2.05, 4.69) is 20.7 Å². The molecule has 4 N–H and O–H groups in total. The van der Waals surface area contributed by atoms with E-state index in [9.17, 15) is 18.0 Å². The van der Waals surface area contributed by atoms with Crippen LogP contribution in [0.1, 0.15) is 27.0 Å². The summed E-state index contributed by atoms with van der Waals surface area (Å²) in [5.41, 5.74) is 11.2. The third kappa shape index (κ3) is 7.68. The van der Waals surface area contributed by atoms with Crippen LogP contribution < -0.4 is 26.4 Å². The van der Waals surface area contributed by atoms with Crippen molar-refractivity contribution < 1.29 is 18.0 Å². The lowest BCUT2D eigenvalue weighted by Gasteiger charge is -2.25. The zero-order valence-corrected chi connectivity index (χ0v) is 22.5. The predicted octanol–water partition coefficient (Wildman–Crippen LogP) is 3.95. The van der Waals surface area contributed by atoms with E-state index in [4.69, 9.17) is 5.73 Å². The summed E-state index contributed by atoms with van der Waals surface area (Å²) >= 11 is 0. The molecule has 0 radical (unpaired) electrons. The molecular formula is C27H33F3N8O. The minimum atomic E-state index is -4.63. The van der Waals surface area contributed by atoms with Gasteiger partial charge in [0.1, 0.15) is 6.33 Å². The van der Waals surface area contributed by atoms with E-state index in [-0.39, 0.29) is 11.3 Å². The first-order valence-corrected chi connectivity index (χ1v) is 12.1. The molecule has 0 saturated heterocycles. The van der Waals surface area contributed by atoms with Gasteiger partial charge < -0.3 is 20.9 Å². The smallest absolute Gasteiger partial charge is 0.397 e. The highest BCUT2D eigenvalue weighted by Gasteiger charge is 2.35. The zero-order valence-electron chi connectivity index (χ0n) is 22.5. The standard InChI is InChI=1S/C27H33F3N8O/c1-18-6-8-21(13-25(18)38(32-2)16-23(31)20-14-33-17-34-15-20)35-26(39)19-7-9-24(22(12-19)27(28,29)30)37(5)11-10-36(3)4/h6-9,12-17,32H,10-11,31H2,1-5H3,(H,35,39)/b23-16-. The number of halogens is 3. The molecule has 3 aromatic rings. The summed E-state index contributed by atoms with van der Waals surface area (Å²) in [6, 6.07) is 8.77. The van der Waals surface area contributed by atoms with Crippen molar-refractivity contribution in [2.24, 2.45) is 5.73 Å². The monoisotopic (exact) mass is 542 g/mol. The van der Waals surface area contributed by atoms with Gasteiger partial charge >= 0.3 is 6.18 Å². The minimum absolute atomic E-state index is 0.0105. The molecular weight excluding hydrogens is 509 g/mol. The van der Waals surface area contributed by atoms with E-state index in [1.54, 1.807) is 55.9 Å². The summed E-state index contributed by atoms with van der Waals surface area (Å²) in [4.78, 5) is 24.4. The third-order valence-corrected chi connectivity index (χ3v) is 5.99. The summed E-state index contributed by atoms with van der Waals surface area (Å²) in [6.45, 7) is 2.85. The Hall–Kier alpha value is -4.16. The molecule has 208 valence electrons. The number of carbonyl (C=O) groups is 1. The van der Waals surface area contributed by atoms with Crippen molar-refractivity contribution >= 4 is 28.7 Å². The van der Waals surface area contributed by atoms with Crippen LogP contribution in [-0.4, -0.2) is 62.1 Å². The Bertz CT molecular complexity index is 1310. The van der Waals surface area contributed by atoms with Crippen molar-refractivity contribution in [1.82, 2.24) is 20.3 Å². The Morgan fingerprint density at radius 3 is 2.31 bits per heavy atom. The summed E-state index contributed by atoms with van der Waals surface area (Å²) in [5.74, 6) is -0.662. The molecule has 1 aromatic heterocycles. The topological polar surface area (TPSA) is 103 Å². The van der Waals surface area contributed by atoms with Crippen molar-refractivity contribution in [3.63, 3.8) is 0 Å². The van der Waals surface area contributed by atoms with Gasteiger partial charge in [-0.05, 0) is 56.9 Å². The van der Waals surface area contributed by atoms with Gasteiger partial charge in [-0.25, -0.2) is 15.4 Å². The van der Waals surface area contributed by atoms with E-state index in [0.29, 0.717) is 35.7 Å². The number of likely N-dealkylation sites (N-methyl/N-ethyl adjacent to an activating group) is 2. The van der Waals surface area contributed by atoms with Gasteiger partial charge in [0.05, 0.1) is 16.9 Å². The number of hydrogen-bond acceptors (Lipinski definition) is 8. The van der Waals surface area contributed by atoms with E-state index in [0.717, 1.165) is 11.6 Å². The molecule has 0 atom stereocenters. The maximum atomic E-state index is 13.9. The molecule has 12 heteroatoms. The summed E-state index contributed by atoms with van der Waals surface area (Å²) in [6.07, 6.45) is 1.58. The number of nitrogens with zero attached hydrogens (tertiary/aromatic N) is 5. The molecule has 39 heavy (non-hydrogen) atoms. The first-order valence-electron chi connectivity index (χ1n) is 12.1. The number of aromatic nitrogens is 2. The van der Waals surface area contributed by atoms with Gasteiger partial charge in [-0.15, -0.1) is 0 Å². The molecule has 0 aliphatic rings. The largest absolute Gasteiger partial charge is 0.418 e. The number of benzene rings is 2. The molecule has 0 aliphatic carbocycles. The van der Waals surface area contributed by atoms with Crippen LogP contribution in [-0.2, 0) is 6.18 Å². The Morgan fingerprint density at radius 1 is 1.00 bits per heavy atom. The molecule has 0 unspecified atom stereocenters. The Labute approximate surface area is 226 Å². The fourth-order valence-corrected chi connectivity index (χ4v) is 3.77.